The van der Waals surface area contributed by atoms with E-state index in [9.17, 15) is 9.18 Å². The molecule has 0 saturated heterocycles. The molecule has 2 fully saturated rings. The van der Waals surface area contributed by atoms with Crippen LogP contribution >= 0.6 is 0 Å². The smallest absolute Gasteiger partial charge is 0.140 e. The summed E-state index contributed by atoms with van der Waals surface area (Å²) in [6.07, 6.45) is 7.39. The Labute approximate surface area is 154 Å². The Balaban J connectivity index is 1.65. The molecular formula is C23H25FO2. The van der Waals surface area contributed by atoms with E-state index in [0.29, 0.717) is 24.0 Å². The van der Waals surface area contributed by atoms with E-state index >= 15 is 0 Å². The highest BCUT2D eigenvalue weighted by molar-refractivity contribution is 5.87. The molecule has 0 spiro atoms. The van der Waals surface area contributed by atoms with Crippen LogP contribution in [0.3, 0.4) is 0 Å². The van der Waals surface area contributed by atoms with Crippen molar-refractivity contribution < 1.29 is 13.9 Å². The molecule has 1 aromatic carbocycles. The summed E-state index contributed by atoms with van der Waals surface area (Å²) < 4.78 is 19.8. The van der Waals surface area contributed by atoms with Crippen LogP contribution in [0.25, 0.3) is 5.76 Å². The van der Waals surface area contributed by atoms with Crippen molar-refractivity contribution in [3.05, 3.63) is 52.9 Å². The van der Waals surface area contributed by atoms with Gasteiger partial charge in [0.05, 0.1) is 0 Å². The fourth-order valence-corrected chi connectivity index (χ4v) is 5.86. The maximum absolute atomic E-state index is 13.4. The molecule has 3 heteroatoms. The Morgan fingerprint density at radius 3 is 2.65 bits per heavy atom. The number of ketones is 1. The van der Waals surface area contributed by atoms with E-state index in [1.165, 1.54) is 23.3 Å². The van der Waals surface area contributed by atoms with E-state index in [4.69, 9.17) is 4.74 Å². The number of rotatable bonds is 1. The molecule has 0 N–H and O–H groups in total. The lowest BCUT2D eigenvalue weighted by Crippen LogP contribution is -2.45. The van der Waals surface area contributed by atoms with Crippen molar-refractivity contribution in [3.8, 4) is 0 Å². The Morgan fingerprint density at radius 2 is 1.88 bits per heavy atom. The SMILES string of the molecule is CC1(C)CC(=O)[C@@H]2C(=CC3=C(c4ccc(F)cc4)O[C@H]4CCC[C@@H]2[C@@H]34)C1. The molecular weight excluding hydrogens is 327 g/mol. The van der Waals surface area contributed by atoms with Crippen molar-refractivity contribution in [2.45, 2.75) is 52.1 Å². The van der Waals surface area contributed by atoms with Crippen LogP contribution in [-0.4, -0.2) is 11.9 Å². The standard InChI is InChI=1S/C23H25FO2/c1-23(2)11-14-10-17-21-16(20(14)18(25)12-23)4-3-5-19(21)26-22(17)13-6-8-15(24)9-7-13/h6-10,16,19-21H,3-5,11-12H2,1-2H3/t16-,19-,20+,21-/m0/s1. The lowest BCUT2D eigenvalue weighted by atomic mass is 9.56. The molecule has 4 aliphatic rings. The van der Waals surface area contributed by atoms with E-state index in [1.54, 1.807) is 0 Å². The maximum atomic E-state index is 13.4. The Morgan fingerprint density at radius 1 is 1.12 bits per heavy atom. The number of carbonyl (C=O) groups is 1. The van der Waals surface area contributed by atoms with Crippen LogP contribution in [-0.2, 0) is 9.53 Å². The third-order valence-electron chi connectivity index (χ3n) is 6.74. The molecule has 0 aromatic heterocycles. The summed E-state index contributed by atoms with van der Waals surface area (Å²) >= 11 is 0. The predicted molar refractivity (Wildman–Crippen MR) is 98.6 cm³/mol. The van der Waals surface area contributed by atoms with Crippen molar-refractivity contribution in [2.75, 3.05) is 0 Å². The normalized spacial score (nSPS) is 34.7. The first-order chi connectivity index (χ1) is 12.4. The number of hydrogen-bond acceptors (Lipinski definition) is 2. The zero-order chi connectivity index (χ0) is 18.1. The second-order valence-corrected chi connectivity index (χ2v) is 9.25. The van der Waals surface area contributed by atoms with Gasteiger partial charge in [-0.2, -0.15) is 0 Å². The molecule has 4 atom stereocenters. The van der Waals surface area contributed by atoms with E-state index in [-0.39, 0.29) is 23.3 Å². The Hall–Kier alpha value is -1.90. The van der Waals surface area contributed by atoms with Crippen molar-refractivity contribution in [1.29, 1.82) is 0 Å². The van der Waals surface area contributed by atoms with Gasteiger partial charge in [-0.05, 0) is 61.3 Å². The first-order valence-electron chi connectivity index (χ1n) is 9.83. The first-order valence-corrected chi connectivity index (χ1v) is 9.83. The monoisotopic (exact) mass is 352 g/mol. The second kappa shape index (κ2) is 5.55. The molecule has 26 heavy (non-hydrogen) atoms. The van der Waals surface area contributed by atoms with Gasteiger partial charge in [-0.25, -0.2) is 4.39 Å². The number of halogens is 1. The van der Waals surface area contributed by atoms with Gasteiger partial charge in [0, 0.05) is 29.4 Å². The molecule has 1 heterocycles. The third-order valence-corrected chi connectivity index (χ3v) is 6.74. The van der Waals surface area contributed by atoms with Gasteiger partial charge in [0.2, 0.25) is 0 Å². The molecule has 0 amide bonds. The quantitative estimate of drug-likeness (QED) is 0.686. The first kappa shape index (κ1) is 16.3. The highest BCUT2D eigenvalue weighted by atomic mass is 19.1. The van der Waals surface area contributed by atoms with Crippen LogP contribution in [0.5, 0.6) is 0 Å². The van der Waals surface area contributed by atoms with Gasteiger partial charge in [-0.3, -0.25) is 4.79 Å². The van der Waals surface area contributed by atoms with Gasteiger partial charge in [-0.15, -0.1) is 0 Å². The average Bonchev–Trinajstić information content (AvgIpc) is 2.94. The van der Waals surface area contributed by atoms with E-state index in [2.05, 4.69) is 19.9 Å². The van der Waals surface area contributed by atoms with Crippen LogP contribution in [0.1, 0.15) is 51.5 Å². The number of hydrogen-bond donors (Lipinski definition) is 0. The maximum Gasteiger partial charge on any atom is 0.140 e. The highest BCUT2D eigenvalue weighted by Gasteiger charge is 2.53. The summed E-state index contributed by atoms with van der Waals surface area (Å²) in [6.45, 7) is 4.39. The Kier molecular flexibility index (Phi) is 3.47. The van der Waals surface area contributed by atoms with Crippen LogP contribution < -0.4 is 0 Å². The van der Waals surface area contributed by atoms with E-state index < -0.39 is 0 Å². The van der Waals surface area contributed by atoms with Gasteiger partial charge in [-0.1, -0.05) is 25.5 Å². The van der Waals surface area contributed by atoms with Crippen molar-refractivity contribution >= 4 is 11.5 Å². The topological polar surface area (TPSA) is 26.3 Å². The minimum atomic E-state index is -0.227. The number of allylic oxidation sites excluding steroid dienone is 2. The van der Waals surface area contributed by atoms with E-state index in [0.717, 1.165) is 37.0 Å². The van der Waals surface area contributed by atoms with Crippen LogP contribution in [0.2, 0.25) is 0 Å². The van der Waals surface area contributed by atoms with Gasteiger partial charge in [0.1, 0.15) is 23.5 Å². The van der Waals surface area contributed by atoms with Gasteiger partial charge < -0.3 is 4.74 Å². The minimum absolute atomic E-state index is 0.0381. The zero-order valence-electron chi connectivity index (χ0n) is 15.4. The molecule has 5 rings (SSSR count). The largest absolute Gasteiger partial charge is 0.489 e. The molecule has 136 valence electrons. The number of Topliss-reactive ketones (excluding diaryl/α,β-unsaturated/α-hetero) is 1. The second-order valence-electron chi connectivity index (χ2n) is 9.25. The molecule has 0 radical (unpaired) electrons. The lowest BCUT2D eigenvalue weighted by molar-refractivity contribution is -0.128. The van der Waals surface area contributed by atoms with Gasteiger partial charge >= 0.3 is 0 Å². The Bertz CT molecular complexity index is 830. The number of carbonyl (C=O) groups excluding carboxylic acids is 1. The number of benzene rings is 1. The summed E-state index contributed by atoms with van der Waals surface area (Å²) in [5, 5.41) is 0. The summed E-state index contributed by atoms with van der Waals surface area (Å²) in [5.41, 5.74) is 3.54. The summed E-state index contributed by atoms with van der Waals surface area (Å²) in [7, 11) is 0. The average molecular weight is 352 g/mol. The fraction of sp³-hybridized carbons (Fsp3) is 0.522. The fourth-order valence-electron chi connectivity index (χ4n) is 5.86. The summed E-state index contributed by atoms with van der Waals surface area (Å²) in [5.74, 6) is 1.90. The van der Waals surface area contributed by atoms with Gasteiger partial charge in [0.25, 0.3) is 0 Å². The lowest BCUT2D eigenvalue weighted by Gasteiger charge is -2.46. The third kappa shape index (κ3) is 2.39. The van der Waals surface area contributed by atoms with Gasteiger partial charge in [0.15, 0.2) is 0 Å². The summed E-state index contributed by atoms with van der Waals surface area (Å²) in [6, 6.07) is 6.62. The summed E-state index contributed by atoms with van der Waals surface area (Å²) in [4.78, 5) is 13.0. The minimum Gasteiger partial charge on any atom is -0.489 e. The van der Waals surface area contributed by atoms with Crippen LogP contribution in [0.4, 0.5) is 4.39 Å². The predicted octanol–water partition coefficient (Wildman–Crippen LogP) is 5.30. The van der Waals surface area contributed by atoms with Crippen molar-refractivity contribution in [2.24, 2.45) is 23.2 Å². The zero-order valence-corrected chi connectivity index (χ0v) is 15.4. The molecule has 2 nitrogen and oxygen atoms in total. The van der Waals surface area contributed by atoms with Crippen molar-refractivity contribution in [3.63, 3.8) is 0 Å². The number of fused-ring (bicyclic) bond motifs is 2. The molecule has 2 saturated carbocycles. The molecule has 0 bridgehead atoms. The molecule has 0 unspecified atom stereocenters. The highest BCUT2D eigenvalue weighted by Crippen LogP contribution is 2.57. The van der Waals surface area contributed by atoms with Crippen LogP contribution in [0.15, 0.2) is 41.5 Å². The number of ether oxygens (including phenoxy) is 1. The van der Waals surface area contributed by atoms with Crippen molar-refractivity contribution in [1.82, 2.24) is 0 Å². The van der Waals surface area contributed by atoms with E-state index in [1.807, 2.05) is 12.1 Å². The molecule has 1 aromatic rings. The molecule has 1 aliphatic heterocycles. The van der Waals surface area contributed by atoms with Crippen LogP contribution in [0, 0.1) is 29.0 Å². The molecule has 3 aliphatic carbocycles.